The first-order chi connectivity index (χ1) is 10.7. The molecule has 3 N–H and O–H groups in total. The Hall–Kier alpha value is -2.38. The number of carbonyl (C=O) groups excluding carboxylic acids is 1. The molecule has 122 valence electrons. The summed E-state index contributed by atoms with van der Waals surface area (Å²) >= 11 is 0. The van der Waals surface area contributed by atoms with Gasteiger partial charge in [0.15, 0.2) is 0 Å². The lowest BCUT2D eigenvalue weighted by Gasteiger charge is -2.11. The van der Waals surface area contributed by atoms with Crippen LogP contribution in [0.25, 0.3) is 0 Å². The van der Waals surface area contributed by atoms with Crippen molar-refractivity contribution < 1.29 is 17.9 Å². The van der Waals surface area contributed by atoms with Gasteiger partial charge in [-0.1, -0.05) is 6.07 Å². The number of ether oxygens (including phenoxy) is 1. The summed E-state index contributed by atoms with van der Waals surface area (Å²) in [5.41, 5.74) is 2.89. The molecule has 1 amide bonds. The SMILES string of the molecule is COc1ccc(NC(=O)c2ccc(C)c(C)c2)cc1S(N)(=O)=O. The maximum atomic E-state index is 12.3. The van der Waals surface area contributed by atoms with Crippen LogP contribution < -0.4 is 15.2 Å². The second kappa shape index (κ2) is 6.39. The molecule has 7 heteroatoms. The molecule has 0 aliphatic carbocycles. The Morgan fingerprint density at radius 2 is 1.78 bits per heavy atom. The van der Waals surface area contributed by atoms with Gasteiger partial charge in [0.1, 0.15) is 10.6 Å². The van der Waals surface area contributed by atoms with Crippen LogP contribution in [0.4, 0.5) is 5.69 Å². The molecule has 0 fully saturated rings. The van der Waals surface area contributed by atoms with Crippen LogP contribution in [0.2, 0.25) is 0 Å². The number of amides is 1. The van der Waals surface area contributed by atoms with Crippen molar-refractivity contribution in [3.63, 3.8) is 0 Å². The molecular weight excluding hydrogens is 316 g/mol. The van der Waals surface area contributed by atoms with Gasteiger partial charge < -0.3 is 10.1 Å². The maximum absolute atomic E-state index is 12.3. The summed E-state index contributed by atoms with van der Waals surface area (Å²) in [6, 6.07) is 9.60. The van der Waals surface area contributed by atoms with E-state index in [9.17, 15) is 13.2 Å². The first kappa shape index (κ1) is 17.0. The summed E-state index contributed by atoms with van der Waals surface area (Å²) in [4.78, 5) is 12.1. The molecule has 0 aliphatic rings. The van der Waals surface area contributed by atoms with Gasteiger partial charge in [-0.05, 0) is 55.3 Å². The first-order valence-corrected chi connectivity index (χ1v) is 8.36. The highest BCUT2D eigenvalue weighted by atomic mass is 32.2. The van der Waals surface area contributed by atoms with Crippen molar-refractivity contribution in [1.82, 2.24) is 0 Å². The first-order valence-electron chi connectivity index (χ1n) is 6.82. The molecule has 2 aromatic carbocycles. The number of primary sulfonamides is 1. The Kier molecular flexibility index (Phi) is 4.72. The third kappa shape index (κ3) is 3.88. The number of aryl methyl sites for hydroxylation is 2. The van der Waals surface area contributed by atoms with Crippen molar-refractivity contribution in [2.75, 3.05) is 12.4 Å². The van der Waals surface area contributed by atoms with E-state index in [2.05, 4.69) is 5.32 Å². The zero-order valence-electron chi connectivity index (χ0n) is 13.1. The normalized spacial score (nSPS) is 11.1. The van der Waals surface area contributed by atoms with Crippen molar-refractivity contribution in [3.05, 3.63) is 53.1 Å². The molecule has 0 saturated carbocycles. The molecule has 0 aliphatic heterocycles. The number of hydrogen-bond acceptors (Lipinski definition) is 4. The molecule has 0 radical (unpaired) electrons. The van der Waals surface area contributed by atoms with Gasteiger partial charge >= 0.3 is 0 Å². The fraction of sp³-hybridized carbons (Fsp3) is 0.188. The number of anilines is 1. The number of nitrogens with one attached hydrogen (secondary N) is 1. The lowest BCUT2D eigenvalue weighted by atomic mass is 10.1. The van der Waals surface area contributed by atoms with Crippen molar-refractivity contribution in [3.8, 4) is 5.75 Å². The van der Waals surface area contributed by atoms with E-state index < -0.39 is 10.0 Å². The molecule has 0 spiro atoms. The third-order valence-corrected chi connectivity index (χ3v) is 4.43. The molecule has 2 aromatic rings. The zero-order chi connectivity index (χ0) is 17.2. The van der Waals surface area contributed by atoms with Crippen molar-refractivity contribution >= 4 is 21.6 Å². The van der Waals surface area contributed by atoms with Crippen LogP contribution in [0.3, 0.4) is 0 Å². The average Bonchev–Trinajstić information content (AvgIpc) is 2.49. The minimum atomic E-state index is -3.96. The van der Waals surface area contributed by atoms with Gasteiger partial charge in [-0.15, -0.1) is 0 Å². The minimum Gasteiger partial charge on any atom is -0.495 e. The van der Waals surface area contributed by atoms with E-state index in [0.717, 1.165) is 11.1 Å². The monoisotopic (exact) mass is 334 g/mol. The van der Waals surface area contributed by atoms with Gasteiger partial charge in [-0.25, -0.2) is 13.6 Å². The molecule has 0 atom stereocenters. The van der Waals surface area contributed by atoms with Gasteiger partial charge in [0.05, 0.1) is 7.11 Å². The number of hydrogen-bond donors (Lipinski definition) is 2. The van der Waals surface area contributed by atoms with Gasteiger partial charge in [0.25, 0.3) is 5.91 Å². The fourth-order valence-electron chi connectivity index (χ4n) is 2.06. The maximum Gasteiger partial charge on any atom is 0.255 e. The summed E-state index contributed by atoms with van der Waals surface area (Å²) < 4.78 is 28.1. The Morgan fingerprint density at radius 1 is 1.09 bits per heavy atom. The lowest BCUT2D eigenvalue weighted by molar-refractivity contribution is 0.102. The fourth-order valence-corrected chi connectivity index (χ4v) is 2.79. The molecule has 0 heterocycles. The van der Waals surface area contributed by atoms with Gasteiger partial charge in [0.2, 0.25) is 10.0 Å². The Labute approximate surface area is 135 Å². The second-order valence-corrected chi connectivity index (χ2v) is 6.69. The molecule has 0 unspecified atom stereocenters. The minimum absolute atomic E-state index is 0.122. The Balaban J connectivity index is 2.33. The molecular formula is C16H18N2O4S. The average molecular weight is 334 g/mol. The lowest BCUT2D eigenvalue weighted by Crippen LogP contribution is -2.16. The zero-order valence-corrected chi connectivity index (χ0v) is 13.9. The molecule has 0 bridgehead atoms. The van der Waals surface area contributed by atoms with Crippen molar-refractivity contribution in [2.45, 2.75) is 18.7 Å². The van der Waals surface area contributed by atoms with Crippen LogP contribution in [-0.4, -0.2) is 21.4 Å². The van der Waals surface area contributed by atoms with Crippen LogP contribution in [0, 0.1) is 13.8 Å². The summed E-state index contributed by atoms with van der Waals surface area (Å²) in [6.45, 7) is 3.87. The number of benzene rings is 2. The molecule has 0 aromatic heterocycles. The summed E-state index contributed by atoms with van der Waals surface area (Å²) in [5.74, 6) is -0.213. The number of nitrogens with two attached hydrogens (primary N) is 1. The molecule has 0 saturated heterocycles. The van der Waals surface area contributed by atoms with Gasteiger partial charge in [0, 0.05) is 11.3 Å². The summed E-state index contributed by atoms with van der Waals surface area (Å²) in [7, 11) is -2.61. The topological polar surface area (TPSA) is 98.5 Å². The highest BCUT2D eigenvalue weighted by Gasteiger charge is 2.16. The largest absolute Gasteiger partial charge is 0.495 e. The Bertz CT molecular complexity index is 860. The van der Waals surface area contributed by atoms with Crippen LogP contribution >= 0.6 is 0 Å². The highest BCUT2D eigenvalue weighted by Crippen LogP contribution is 2.26. The van der Waals surface area contributed by atoms with E-state index in [1.165, 1.54) is 19.2 Å². The number of sulfonamides is 1. The number of rotatable bonds is 4. The van der Waals surface area contributed by atoms with E-state index >= 15 is 0 Å². The van der Waals surface area contributed by atoms with E-state index in [4.69, 9.17) is 9.88 Å². The van der Waals surface area contributed by atoms with E-state index in [-0.39, 0.29) is 16.6 Å². The molecule has 2 rings (SSSR count). The Morgan fingerprint density at radius 3 is 2.35 bits per heavy atom. The van der Waals surface area contributed by atoms with E-state index in [1.54, 1.807) is 18.2 Å². The number of methoxy groups -OCH3 is 1. The third-order valence-electron chi connectivity index (χ3n) is 3.50. The van der Waals surface area contributed by atoms with Crippen LogP contribution in [-0.2, 0) is 10.0 Å². The highest BCUT2D eigenvalue weighted by molar-refractivity contribution is 7.89. The quantitative estimate of drug-likeness (QED) is 0.895. The smallest absolute Gasteiger partial charge is 0.255 e. The van der Waals surface area contributed by atoms with Crippen molar-refractivity contribution in [1.29, 1.82) is 0 Å². The molecule has 6 nitrogen and oxygen atoms in total. The standard InChI is InChI=1S/C16H18N2O4S/c1-10-4-5-12(8-11(10)2)16(19)18-13-6-7-14(22-3)15(9-13)23(17,20)21/h4-9H,1-3H3,(H,18,19)(H2,17,20,21). The second-order valence-electron chi connectivity index (χ2n) is 5.16. The predicted molar refractivity (Wildman–Crippen MR) is 88.2 cm³/mol. The van der Waals surface area contributed by atoms with Crippen LogP contribution in [0.1, 0.15) is 21.5 Å². The van der Waals surface area contributed by atoms with E-state index in [0.29, 0.717) is 11.3 Å². The predicted octanol–water partition coefficient (Wildman–Crippen LogP) is 2.21. The van der Waals surface area contributed by atoms with Gasteiger partial charge in [-0.3, -0.25) is 4.79 Å². The van der Waals surface area contributed by atoms with Crippen LogP contribution in [0.15, 0.2) is 41.3 Å². The summed E-state index contributed by atoms with van der Waals surface area (Å²) in [6.07, 6.45) is 0. The van der Waals surface area contributed by atoms with E-state index in [1.807, 2.05) is 19.9 Å². The number of carbonyl (C=O) groups is 1. The van der Waals surface area contributed by atoms with Crippen LogP contribution in [0.5, 0.6) is 5.75 Å². The summed E-state index contributed by atoms with van der Waals surface area (Å²) in [5, 5.41) is 7.81. The van der Waals surface area contributed by atoms with Gasteiger partial charge in [-0.2, -0.15) is 0 Å². The van der Waals surface area contributed by atoms with Crippen molar-refractivity contribution in [2.24, 2.45) is 5.14 Å². The molecule has 23 heavy (non-hydrogen) atoms.